The smallest absolute Gasteiger partial charge is 0.191 e. The van der Waals surface area contributed by atoms with E-state index < -0.39 is 5.60 Å². The molecular formula is C17H26FN3O2S. The van der Waals surface area contributed by atoms with Crippen LogP contribution in [0.4, 0.5) is 4.39 Å². The van der Waals surface area contributed by atoms with Crippen LogP contribution in [-0.2, 0) is 0 Å². The number of aliphatic imine (C=N–C) groups is 1. The number of halogens is 1. The molecule has 0 aliphatic carbocycles. The molecule has 1 aromatic rings. The van der Waals surface area contributed by atoms with Gasteiger partial charge in [0.1, 0.15) is 0 Å². The normalized spacial score (nSPS) is 22.3. The minimum atomic E-state index is -0.720. The topological polar surface area (TPSA) is 65.9 Å². The quantitative estimate of drug-likeness (QED) is 0.540. The summed E-state index contributed by atoms with van der Waals surface area (Å²) in [5.41, 5.74) is 0.0803. The summed E-state index contributed by atoms with van der Waals surface area (Å²) < 4.78 is 18.8. The number of guanidine groups is 1. The van der Waals surface area contributed by atoms with Crippen LogP contribution in [0.3, 0.4) is 0 Å². The molecule has 0 saturated carbocycles. The number of nitrogens with one attached hydrogen (secondary N) is 2. The number of nitrogens with zero attached hydrogens (tertiary/aromatic N) is 1. The van der Waals surface area contributed by atoms with Crippen LogP contribution < -0.4 is 15.4 Å². The van der Waals surface area contributed by atoms with Crippen LogP contribution >= 0.6 is 11.8 Å². The highest BCUT2D eigenvalue weighted by Gasteiger charge is 2.31. The van der Waals surface area contributed by atoms with Crippen molar-refractivity contribution in [2.24, 2.45) is 4.99 Å². The lowest BCUT2D eigenvalue weighted by Crippen LogP contribution is -2.41. The van der Waals surface area contributed by atoms with Crippen molar-refractivity contribution >= 4 is 17.7 Å². The zero-order chi connectivity index (χ0) is 17.6. The Bertz CT molecular complexity index is 577. The highest BCUT2D eigenvalue weighted by atomic mass is 32.2. The lowest BCUT2D eigenvalue weighted by atomic mass is 10.0. The third-order valence-corrected chi connectivity index (χ3v) is 5.22. The average Bonchev–Trinajstić information content (AvgIpc) is 3.00. The predicted octanol–water partition coefficient (Wildman–Crippen LogP) is 2.32. The zero-order valence-electron chi connectivity index (χ0n) is 14.4. The summed E-state index contributed by atoms with van der Waals surface area (Å²) in [6.45, 7) is 4.99. The Hall–Kier alpha value is -1.47. The maximum Gasteiger partial charge on any atom is 0.191 e. The maximum absolute atomic E-state index is 13.9. The highest BCUT2D eigenvalue weighted by molar-refractivity contribution is 7.99. The van der Waals surface area contributed by atoms with E-state index in [-0.39, 0.29) is 17.6 Å². The first-order chi connectivity index (χ1) is 11.5. The summed E-state index contributed by atoms with van der Waals surface area (Å²) >= 11 is 1.75. The van der Waals surface area contributed by atoms with Crippen LogP contribution in [0.2, 0.25) is 0 Å². The van der Waals surface area contributed by atoms with Gasteiger partial charge in [0, 0.05) is 12.3 Å². The Morgan fingerprint density at radius 2 is 2.33 bits per heavy atom. The van der Waals surface area contributed by atoms with Crippen molar-refractivity contribution in [2.45, 2.75) is 31.9 Å². The first kappa shape index (κ1) is 18.9. The van der Waals surface area contributed by atoms with Gasteiger partial charge in [-0.25, -0.2) is 4.39 Å². The Morgan fingerprint density at radius 3 is 2.92 bits per heavy atom. The zero-order valence-corrected chi connectivity index (χ0v) is 15.3. The van der Waals surface area contributed by atoms with Crippen LogP contribution in [0.1, 0.15) is 31.9 Å². The van der Waals surface area contributed by atoms with Crippen LogP contribution in [0.5, 0.6) is 5.75 Å². The molecule has 3 N–H and O–H groups in total. The molecular weight excluding hydrogens is 329 g/mol. The van der Waals surface area contributed by atoms with Crippen LogP contribution in [0.15, 0.2) is 23.2 Å². The van der Waals surface area contributed by atoms with Gasteiger partial charge < -0.3 is 20.5 Å². The van der Waals surface area contributed by atoms with Gasteiger partial charge in [0.05, 0.1) is 25.3 Å². The van der Waals surface area contributed by atoms with E-state index >= 15 is 0 Å². The lowest BCUT2D eigenvalue weighted by Gasteiger charge is -2.22. The average molecular weight is 355 g/mol. The third kappa shape index (κ3) is 5.01. The van der Waals surface area contributed by atoms with Crippen LogP contribution in [-0.4, -0.2) is 48.4 Å². The molecule has 1 aliphatic rings. The molecule has 134 valence electrons. The summed E-state index contributed by atoms with van der Waals surface area (Å²) in [7, 11) is 1.45. The summed E-state index contributed by atoms with van der Waals surface area (Å²) in [6, 6.07) is 4.77. The van der Waals surface area contributed by atoms with E-state index in [4.69, 9.17) is 4.74 Å². The predicted molar refractivity (Wildman–Crippen MR) is 97.4 cm³/mol. The van der Waals surface area contributed by atoms with Crippen molar-refractivity contribution in [2.75, 3.05) is 31.7 Å². The van der Waals surface area contributed by atoms with Crippen molar-refractivity contribution in [1.29, 1.82) is 0 Å². The fraction of sp³-hybridized carbons (Fsp3) is 0.588. The molecule has 2 unspecified atom stereocenters. The number of hydrogen-bond acceptors (Lipinski definition) is 4. The number of methoxy groups -OCH3 is 1. The molecule has 1 aromatic carbocycles. The highest BCUT2D eigenvalue weighted by Crippen LogP contribution is 2.28. The monoisotopic (exact) mass is 355 g/mol. The second-order valence-corrected chi connectivity index (χ2v) is 7.09. The minimum Gasteiger partial charge on any atom is -0.494 e. The van der Waals surface area contributed by atoms with Gasteiger partial charge in [0.15, 0.2) is 17.5 Å². The lowest BCUT2D eigenvalue weighted by molar-refractivity contribution is 0.0778. The van der Waals surface area contributed by atoms with Gasteiger partial charge >= 0.3 is 0 Å². The second kappa shape index (κ2) is 8.58. The molecule has 1 fully saturated rings. The maximum atomic E-state index is 13.9. The van der Waals surface area contributed by atoms with E-state index in [1.165, 1.54) is 13.2 Å². The Morgan fingerprint density at radius 1 is 1.54 bits per heavy atom. The van der Waals surface area contributed by atoms with E-state index in [0.717, 1.165) is 23.5 Å². The summed E-state index contributed by atoms with van der Waals surface area (Å²) in [5.74, 6) is 2.15. The Kier molecular flexibility index (Phi) is 6.74. The standard InChI is InChI=1S/C17H26FN3O2S/c1-4-19-16(20-10-17(22)7-8-24-11-17)21-12(2)13-5-6-15(23-3)14(18)9-13/h5-6,9,12,22H,4,7-8,10-11H2,1-3H3,(H2,19,20,21). The fourth-order valence-corrected chi connectivity index (χ4v) is 3.79. The van der Waals surface area contributed by atoms with Crippen LogP contribution in [0, 0.1) is 5.82 Å². The summed E-state index contributed by atoms with van der Waals surface area (Å²) in [4.78, 5) is 4.50. The molecule has 0 amide bonds. The molecule has 2 atom stereocenters. The minimum absolute atomic E-state index is 0.129. The Balaban J connectivity index is 2.04. The molecule has 5 nitrogen and oxygen atoms in total. The summed E-state index contributed by atoms with van der Waals surface area (Å²) in [5, 5.41) is 16.8. The van der Waals surface area contributed by atoms with E-state index in [1.807, 2.05) is 19.9 Å². The molecule has 0 radical (unpaired) electrons. The van der Waals surface area contributed by atoms with Gasteiger partial charge in [-0.15, -0.1) is 0 Å². The number of thioether (sulfide) groups is 1. The molecule has 0 aromatic heterocycles. The van der Waals surface area contributed by atoms with Gasteiger partial charge in [-0.3, -0.25) is 4.99 Å². The number of ether oxygens (including phenoxy) is 1. The second-order valence-electron chi connectivity index (χ2n) is 5.98. The summed E-state index contributed by atoms with van der Waals surface area (Å²) in [6.07, 6.45) is 0.764. The molecule has 2 rings (SSSR count). The molecule has 1 heterocycles. The molecule has 24 heavy (non-hydrogen) atoms. The van der Waals surface area contributed by atoms with Crippen molar-refractivity contribution in [3.05, 3.63) is 29.6 Å². The van der Waals surface area contributed by atoms with E-state index in [0.29, 0.717) is 19.0 Å². The van der Waals surface area contributed by atoms with Gasteiger partial charge in [0.2, 0.25) is 0 Å². The van der Waals surface area contributed by atoms with Gasteiger partial charge in [-0.1, -0.05) is 6.07 Å². The van der Waals surface area contributed by atoms with Crippen molar-refractivity contribution in [3.8, 4) is 5.75 Å². The van der Waals surface area contributed by atoms with Gasteiger partial charge in [0.25, 0.3) is 0 Å². The van der Waals surface area contributed by atoms with Crippen molar-refractivity contribution < 1.29 is 14.2 Å². The van der Waals surface area contributed by atoms with E-state index in [9.17, 15) is 9.50 Å². The number of aliphatic hydroxyl groups is 1. The van der Waals surface area contributed by atoms with Crippen LogP contribution in [0.25, 0.3) is 0 Å². The molecule has 1 saturated heterocycles. The fourth-order valence-electron chi connectivity index (χ4n) is 2.51. The molecule has 7 heteroatoms. The number of hydrogen-bond donors (Lipinski definition) is 3. The van der Waals surface area contributed by atoms with E-state index in [2.05, 4.69) is 15.6 Å². The van der Waals surface area contributed by atoms with Gasteiger partial charge in [-0.05, 0) is 43.7 Å². The van der Waals surface area contributed by atoms with Crippen molar-refractivity contribution in [3.63, 3.8) is 0 Å². The molecule has 1 aliphatic heterocycles. The number of benzene rings is 1. The van der Waals surface area contributed by atoms with E-state index in [1.54, 1.807) is 17.8 Å². The van der Waals surface area contributed by atoms with Gasteiger partial charge in [-0.2, -0.15) is 11.8 Å². The third-order valence-electron chi connectivity index (χ3n) is 3.99. The first-order valence-corrected chi connectivity index (χ1v) is 9.31. The van der Waals surface area contributed by atoms with Crippen molar-refractivity contribution in [1.82, 2.24) is 10.6 Å². The molecule has 0 spiro atoms. The first-order valence-electron chi connectivity index (χ1n) is 8.16. The largest absolute Gasteiger partial charge is 0.494 e. The number of rotatable bonds is 6. The SMILES string of the molecule is CCNC(=NCC1(O)CCSC1)NC(C)c1ccc(OC)c(F)c1. The Labute approximate surface area is 147 Å². The molecule has 0 bridgehead atoms.